The average molecular weight is 523 g/mol. The van der Waals surface area contributed by atoms with Crippen molar-refractivity contribution < 1.29 is 23.0 Å². The molecule has 3 unspecified atom stereocenters. The summed E-state index contributed by atoms with van der Waals surface area (Å²) >= 11 is 0. The van der Waals surface area contributed by atoms with Crippen molar-refractivity contribution in [1.82, 2.24) is 9.62 Å². The Labute approximate surface area is 219 Å². The summed E-state index contributed by atoms with van der Waals surface area (Å²) in [6, 6.07) is 23.7. The normalized spacial score (nSPS) is 20.1. The molecule has 3 aromatic carbocycles. The molecule has 1 aliphatic rings. The minimum atomic E-state index is -3.58. The van der Waals surface area contributed by atoms with Crippen LogP contribution in [0, 0.1) is 0 Å². The Morgan fingerprint density at radius 1 is 0.973 bits per heavy atom. The number of likely N-dealkylation sites (N-methyl/N-ethyl adjacent to an activating group) is 1. The predicted octanol–water partition coefficient (Wildman–Crippen LogP) is 4.32. The Morgan fingerprint density at radius 2 is 1.62 bits per heavy atom. The van der Waals surface area contributed by atoms with Crippen LogP contribution in [0.25, 0.3) is 0 Å². The highest BCUT2D eigenvalue weighted by Crippen LogP contribution is 2.38. The zero-order valence-electron chi connectivity index (χ0n) is 21.0. The molecule has 0 spiro atoms. The molecule has 1 heterocycles. The molecule has 1 saturated heterocycles. The lowest BCUT2D eigenvalue weighted by molar-refractivity contribution is -0.252. The third-order valence-corrected chi connectivity index (χ3v) is 7.76. The van der Waals surface area contributed by atoms with Gasteiger partial charge in [-0.1, -0.05) is 72.8 Å². The minimum absolute atomic E-state index is 0.000365. The van der Waals surface area contributed by atoms with E-state index in [4.69, 9.17) is 9.47 Å². The molecule has 1 fully saturated rings. The maximum Gasteiger partial charge on any atom is 0.240 e. The number of sulfonamides is 1. The van der Waals surface area contributed by atoms with Crippen LogP contribution in [0.2, 0.25) is 0 Å². The standard InChI is InChI=1S/C29H34N2O5S/c1-3-17-31(2)20-26-18-28(24-13-11-23(21-32)12-14-24)36-29(35-26)25-15-9-22(10-16-25)19-30-37(33,34)27-7-5-4-6-8-27/h3-16,26,28-30,32H,1,17-21H2,2H3. The van der Waals surface area contributed by atoms with Gasteiger partial charge in [0, 0.05) is 31.6 Å². The van der Waals surface area contributed by atoms with Gasteiger partial charge in [-0.3, -0.25) is 0 Å². The van der Waals surface area contributed by atoms with E-state index in [-0.39, 0.29) is 30.3 Å². The number of rotatable bonds is 11. The fourth-order valence-electron chi connectivity index (χ4n) is 4.33. The molecule has 37 heavy (non-hydrogen) atoms. The average Bonchev–Trinajstić information content (AvgIpc) is 2.93. The molecule has 1 aliphatic heterocycles. The smallest absolute Gasteiger partial charge is 0.240 e. The van der Waals surface area contributed by atoms with Gasteiger partial charge in [-0.2, -0.15) is 0 Å². The molecule has 3 aromatic rings. The van der Waals surface area contributed by atoms with Gasteiger partial charge in [0.1, 0.15) is 0 Å². The molecule has 2 N–H and O–H groups in total. The topological polar surface area (TPSA) is 88.1 Å². The minimum Gasteiger partial charge on any atom is -0.392 e. The van der Waals surface area contributed by atoms with Crippen LogP contribution < -0.4 is 4.72 Å². The van der Waals surface area contributed by atoms with Crippen molar-refractivity contribution >= 4 is 10.0 Å². The highest BCUT2D eigenvalue weighted by atomic mass is 32.2. The van der Waals surface area contributed by atoms with Crippen LogP contribution in [0.3, 0.4) is 0 Å². The number of ether oxygens (including phenoxy) is 2. The van der Waals surface area contributed by atoms with Crippen molar-refractivity contribution in [2.24, 2.45) is 0 Å². The summed E-state index contributed by atoms with van der Waals surface area (Å²) in [4.78, 5) is 2.40. The first-order valence-electron chi connectivity index (χ1n) is 12.3. The van der Waals surface area contributed by atoms with Gasteiger partial charge in [0.15, 0.2) is 6.29 Å². The monoisotopic (exact) mass is 522 g/mol. The largest absolute Gasteiger partial charge is 0.392 e. The summed E-state index contributed by atoms with van der Waals surface area (Å²) in [5.41, 5.74) is 3.59. The van der Waals surface area contributed by atoms with Crippen LogP contribution in [-0.2, 0) is 32.6 Å². The zero-order valence-corrected chi connectivity index (χ0v) is 21.8. The summed E-state index contributed by atoms with van der Waals surface area (Å²) in [7, 11) is -1.55. The summed E-state index contributed by atoms with van der Waals surface area (Å²) in [5.74, 6) is 0. The number of hydrogen-bond donors (Lipinski definition) is 2. The Bertz CT molecular complexity index is 1250. The highest BCUT2D eigenvalue weighted by Gasteiger charge is 2.32. The molecule has 3 atom stereocenters. The van der Waals surface area contributed by atoms with E-state index in [1.807, 2.05) is 61.7 Å². The summed E-state index contributed by atoms with van der Waals surface area (Å²) < 4.78 is 40.4. The maximum atomic E-state index is 12.5. The second-order valence-corrected chi connectivity index (χ2v) is 11.0. The van der Waals surface area contributed by atoms with E-state index in [0.29, 0.717) is 6.42 Å². The van der Waals surface area contributed by atoms with Crippen molar-refractivity contribution in [1.29, 1.82) is 0 Å². The van der Waals surface area contributed by atoms with Crippen LogP contribution in [-0.4, -0.2) is 44.7 Å². The van der Waals surface area contributed by atoms with Crippen molar-refractivity contribution in [3.63, 3.8) is 0 Å². The van der Waals surface area contributed by atoms with Crippen LogP contribution in [0.1, 0.15) is 41.1 Å². The van der Waals surface area contributed by atoms with Gasteiger partial charge in [-0.25, -0.2) is 13.1 Å². The molecule has 196 valence electrons. The Morgan fingerprint density at radius 3 is 2.27 bits per heavy atom. The van der Waals surface area contributed by atoms with E-state index in [1.165, 1.54) is 0 Å². The fourth-order valence-corrected chi connectivity index (χ4v) is 5.37. The molecular weight excluding hydrogens is 488 g/mol. The van der Waals surface area contributed by atoms with E-state index in [1.54, 1.807) is 30.3 Å². The molecule has 0 radical (unpaired) electrons. The molecule has 0 bridgehead atoms. The van der Waals surface area contributed by atoms with E-state index >= 15 is 0 Å². The lowest BCUT2D eigenvalue weighted by Crippen LogP contribution is -2.37. The fraction of sp³-hybridized carbons (Fsp3) is 0.310. The van der Waals surface area contributed by atoms with E-state index in [9.17, 15) is 13.5 Å². The SMILES string of the molecule is C=CCN(C)CC1CC(c2ccc(CO)cc2)OC(c2ccc(CNS(=O)(=O)c3ccccc3)cc2)O1. The molecule has 0 aromatic heterocycles. The number of benzene rings is 3. The predicted molar refractivity (Wildman–Crippen MR) is 143 cm³/mol. The van der Waals surface area contributed by atoms with Crippen LogP contribution in [0.5, 0.6) is 0 Å². The van der Waals surface area contributed by atoms with Gasteiger partial charge in [-0.05, 0) is 35.9 Å². The molecule has 4 rings (SSSR count). The van der Waals surface area contributed by atoms with E-state index in [0.717, 1.165) is 35.3 Å². The van der Waals surface area contributed by atoms with Crippen LogP contribution >= 0.6 is 0 Å². The van der Waals surface area contributed by atoms with Crippen molar-refractivity contribution in [3.8, 4) is 0 Å². The molecule has 7 nitrogen and oxygen atoms in total. The van der Waals surface area contributed by atoms with E-state index < -0.39 is 16.3 Å². The van der Waals surface area contributed by atoms with Crippen LogP contribution in [0.4, 0.5) is 0 Å². The lowest BCUT2D eigenvalue weighted by Gasteiger charge is -2.37. The van der Waals surface area contributed by atoms with Crippen molar-refractivity contribution in [3.05, 3.63) is 114 Å². The van der Waals surface area contributed by atoms with Crippen molar-refractivity contribution in [2.45, 2.75) is 43.0 Å². The first kappa shape index (κ1) is 27.2. The first-order valence-corrected chi connectivity index (χ1v) is 13.8. The Balaban J connectivity index is 1.47. The molecule has 0 amide bonds. The number of aliphatic hydroxyl groups excluding tert-OH is 1. The third kappa shape index (κ3) is 7.35. The van der Waals surface area contributed by atoms with Gasteiger partial charge in [0.2, 0.25) is 10.0 Å². The number of aliphatic hydroxyl groups is 1. The summed E-state index contributed by atoms with van der Waals surface area (Å²) in [6.45, 7) is 5.49. The number of nitrogens with zero attached hydrogens (tertiary/aromatic N) is 1. The lowest BCUT2D eigenvalue weighted by atomic mass is 9.99. The molecule has 8 heteroatoms. The van der Waals surface area contributed by atoms with Crippen LogP contribution in [0.15, 0.2) is 96.4 Å². The summed E-state index contributed by atoms with van der Waals surface area (Å²) in [6.07, 6.45) is 1.80. The third-order valence-electron chi connectivity index (χ3n) is 6.34. The molecular formula is C29H34N2O5S. The van der Waals surface area contributed by atoms with Gasteiger partial charge in [-0.15, -0.1) is 6.58 Å². The highest BCUT2D eigenvalue weighted by molar-refractivity contribution is 7.89. The maximum absolute atomic E-state index is 12.5. The van der Waals surface area contributed by atoms with E-state index in [2.05, 4.69) is 16.2 Å². The number of nitrogens with one attached hydrogen (secondary N) is 1. The van der Waals surface area contributed by atoms with Crippen molar-refractivity contribution in [2.75, 3.05) is 20.1 Å². The van der Waals surface area contributed by atoms with Gasteiger partial charge >= 0.3 is 0 Å². The van der Waals surface area contributed by atoms with Gasteiger partial charge in [0.05, 0.1) is 23.7 Å². The second-order valence-electron chi connectivity index (χ2n) is 9.24. The first-order chi connectivity index (χ1) is 17.9. The second kappa shape index (κ2) is 12.6. The molecule has 0 saturated carbocycles. The number of hydrogen-bond acceptors (Lipinski definition) is 6. The van der Waals surface area contributed by atoms with Gasteiger partial charge in [0.25, 0.3) is 0 Å². The zero-order chi connectivity index (χ0) is 26.3. The Hall–Kier alpha value is -2.85. The molecule has 0 aliphatic carbocycles. The Kier molecular flexibility index (Phi) is 9.26. The van der Waals surface area contributed by atoms with Gasteiger partial charge < -0.3 is 19.5 Å². The quantitative estimate of drug-likeness (QED) is 0.365. The summed E-state index contributed by atoms with van der Waals surface area (Å²) in [5, 5.41) is 9.38.